The first-order valence-electron chi connectivity index (χ1n) is 6.11. The van der Waals surface area contributed by atoms with Gasteiger partial charge in [-0.15, -0.1) is 10.2 Å². The van der Waals surface area contributed by atoms with Gasteiger partial charge in [0.25, 0.3) is 5.91 Å². The van der Waals surface area contributed by atoms with Crippen molar-refractivity contribution in [3.63, 3.8) is 0 Å². The molecule has 1 aliphatic heterocycles. The van der Waals surface area contributed by atoms with E-state index in [1.807, 2.05) is 0 Å². The zero-order chi connectivity index (χ0) is 13.0. The van der Waals surface area contributed by atoms with Crippen molar-refractivity contribution in [2.24, 2.45) is 5.92 Å². The van der Waals surface area contributed by atoms with Crippen LogP contribution in [0.15, 0.2) is 12.1 Å². The first kappa shape index (κ1) is 12.8. The molecule has 6 nitrogen and oxygen atoms in total. The zero-order valence-electron chi connectivity index (χ0n) is 10.6. The molecule has 1 fully saturated rings. The van der Waals surface area contributed by atoms with Crippen molar-refractivity contribution in [1.82, 2.24) is 15.5 Å². The fourth-order valence-corrected chi connectivity index (χ4v) is 1.94. The summed E-state index contributed by atoms with van der Waals surface area (Å²) in [5, 5.41) is 13.7. The molecule has 0 aromatic carbocycles. The Hall–Kier alpha value is -1.69. The Balaban J connectivity index is 1.99. The molecular formula is C12H18N4O2. The van der Waals surface area contributed by atoms with Gasteiger partial charge < -0.3 is 15.4 Å². The van der Waals surface area contributed by atoms with Crippen LogP contribution in [0.3, 0.4) is 0 Å². The summed E-state index contributed by atoms with van der Waals surface area (Å²) in [5.41, 5.74) is 0.322. The summed E-state index contributed by atoms with van der Waals surface area (Å²) >= 11 is 0. The van der Waals surface area contributed by atoms with E-state index in [1.54, 1.807) is 19.2 Å². The van der Waals surface area contributed by atoms with E-state index in [0.717, 1.165) is 19.6 Å². The van der Waals surface area contributed by atoms with Crippen molar-refractivity contribution in [1.29, 1.82) is 0 Å². The number of ether oxygens (including phenoxy) is 1. The maximum Gasteiger partial charge on any atom is 0.271 e. The molecule has 2 atom stereocenters. The van der Waals surface area contributed by atoms with Gasteiger partial charge in [0.15, 0.2) is 5.69 Å². The minimum Gasteiger partial charge on any atom is -0.381 e. The van der Waals surface area contributed by atoms with E-state index in [-0.39, 0.29) is 5.91 Å². The average molecular weight is 250 g/mol. The first-order chi connectivity index (χ1) is 8.70. The van der Waals surface area contributed by atoms with Crippen LogP contribution in [0.25, 0.3) is 0 Å². The second kappa shape index (κ2) is 5.77. The third kappa shape index (κ3) is 2.95. The third-order valence-electron chi connectivity index (χ3n) is 3.10. The number of hydrogen-bond acceptors (Lipinski definition) is 5. The maximum atomic E-state index is 11.3. The number of nitrogens with zero attached hydrogens (tertiary/aromatic N) is 2. The van der Waals surface area contributed by atoms with Crippen molar-refractivity contribution in [3.8, 4) is 0 Å². The van der Waals surface area contributed by atoms with Gasteiger partial charge in [-0.3, -0.25) is 4.79 Å². The van der Waals surface area contributed by atoms with Gasteiger partial charge in [0.1, 0.15) is 5.82 Å². The summed E-state index contributed by atoms with van der Waals surface area (Å²) in [5.74, 6) is 0.911. The molecule has 2 unspecified atom stereocenters. The molecule has 18 heavy (non-hydrogen) atoms. The molecule has 1 aromatic heterocycles. The highest BCUT2D eigenvalue weighted by Crippen LogP contribution is 2.17. The Kier molecular flexibility index (Phi) is 4.09. The predicted molar refractivity (Wildman–Crippen MR) is 67.4 cm³/mol. The summed E-state index contributed by atoms with van der Waals surface area (Å²) < 4.78 is 5.39. The summed E-state index contributed by atoms with van der Waals surface area (Å²) in [6.45, 7) is 3.68. The van der Waals surface area contributed by atoms with Gasteiger partial charge in [0, 0.05) is 19.7 Å². The number of aromatic nitrogens is 2. The van der Waals surface area contributed by atoms with Gasteiger partial charge in [-0.05, 0) is 24.5 Å². The molecule has 1 saturated heterocycles. The van der Waals surface area contributed by atoms with E-state index in [2.05, 4.69) is 27.8 Å². The first-order valence-corrected chi connectivity index (χ1v) is 6.11. The molecule has 0 saturated carbocycles. The number of hydrogen-bond donors (Lipinski definition) is 2. The topological polar surface area (TPSA) is 76.1 Å². The molecule has 2 N–H and O–H groups in total. The van der Waals surface area contributed by atoms with Crippen molar-refractivity contribution in [2.75, 3.05) is 25.6 Å². The van der Waals surface area contributed by atoms with Crippen LogP contribution in [-0.4, -0.2) is 42.4 Å². The smallest absolute Gasteiger partial charge is 0.271 e. The van der Waals surface area contributed by atoms with Crippen molar-refractivity contribution in [2.45, 2.75) is 19.4 Å². The van der Waals surface area contributed by atoms with Crippen LogP contribution >= 0.6 is 0 Å². The molecule has 6 heteroatoms. The van der Waals surface area contributed by atoms with Crippen LogP contribution in [0.5, 0.6) is 0 Å². The highest BCUT2D eigenvalue weighted by atomic mass is 16.5. The number of carbonyl (C=O) groups is 1. The largest absolute Gasteiger partial charge is 0.381 e. The summed E-state index contributed by atoms with van der Waals surface area (Å²) in [6.07, 6.45) is 0.958. The summed E-state index contributed by atoms with van der Waals surface area (Å²) in [4.78, 5) is 11.3. The Morgan fingerprint density at radius 2 is 2.28 bits per heavy atom. The molecule has 0 aliphatic carbocycles. The molecule has 1 aliphatic rings. The number of nitrogens with one attached hydrogen (secondary N) is 2. The number of anilines is 1. The lowest BCUT2D eigenvalue weighted by atomic mass is 9.98. The minimum absolute atomic E-state index is 0.228. The van der Waals surface area contributed by atoms with Crippen LogP contribution in [0, 0.1) is 5.92 Å². The van der Waals surface area contributed by atoms with Crippen LogP contribution in [0.4, 0.5) is 5.82 Å². The quantitative estimate of drug-likeness (QED) is 0.824. The van der Waals surface area contributed by atoms with Crippen LogP contribution in [-0.2, 0) is 4.74 Å². The monoisotopic (exact) mass is 250 g/mol. The Morgan fingerprint density at radius 3 is 2.89 bits per heavy atom. The van der Waals surface area contributed by atoms with Gasteiger partial charge in [-0.1, -0.05) is 6.92 Å². The fourth-order valence-electron chi connectivity index (χ4n) is 1.94. The average Bonchev–Trinajstić information content (AvgIpc) is 2.41. The van der Waals surface area contributed by atoms with E-state index < -0.39 is 0 Å². The van der Waals surface area contributed by atoms with Crippen LogP contribution in [0.1, 0.15) is 23.8 Å². The van der Waals surface area contributed by atoms with Crippen LogP contribution < -0.4 is 10.6 Å². The third-order valence-corrected chi connectivity index (χ3v) is 3.10. The van der Waals surface area contributed by atoms with Gasteiger partial charge in [0.2, 0.25) is 0 Å². The summed E-state index contributed by atoms with van der Waals surface area (Å²) in [7, 11) is 1.57. The van der Waals surface area contributed by atoms with Crippen molar-refractivity contribution in [3.05, 3.63) is 17.8 Å². The minimum atomic E-state index is -0.228. The molecule has 98 valence electrons. The molecule has 0 radical (unpaired) electrons. The maximum absolute atomic E-state index is 11.3. The van der Waals surface area contributed by atoms with Crippen molar-refractivity contribution < 1.29 is 9.53 Å². The van der Waals surface area contributed by atoms with E-state index in [4.69, 9.17) is 4.74 Å². The van der Waals surface area contributed by atoms with E-state index >= 15 is 0 Å². The lowest BCUT2D eigenvalue weighted by Gasteiger charge is -2.29. The summed E-state index contributed by atoms with van der Waals surface area (Å²) in [6, 6.07) is 3.79. The second-order valence-electron chi connectivity index (χ2n) is 4.47. The Bertz CT molecular complexity index is 407. The van der Waals surface area contributed by atoms with Gasteiger partial charge in [-0.25, -0.2) is 0 Å². The SMILES string of the molecule is CNC(=O)c1ccc(NC2CCOCC2C)nn1. The molecule has 2 heterocycles. The van der Waals surface area contributed by atoms with Gasteiger partial charge in [0.05, 0.1) is 6.61 Å². The van der Waals surface area contributed by atoms with Crippen LogP contribution in [0.2, 0.25) is 0 Å². The zero-order valence-corrected chi connectivity index (χ0v) is 10.6. The van der Waals surface area contributed by atoms with Gasteiger partial charge in [-0.2, -0.15) is 0 Å². The molecule has 1 aromatic rings. The Labute approximate surface area is 106 Å². The molecule has 2 rings (SSSR count). The lowest BCUT2D eigenvalue weighted by molar-refractivity contribution is 0.0537. The van der Waals surface area contributed by atoms with E-state index in [9.17, 15) is 4.79 Å². The van der Waals surface area contributed by atoms with Crippen molar-refractivity contribution >= 4 is 11.7 Å². The number of rotatable bonds is 3. The lowest BCUT2D eigenvalue weighted by Crippen LogP contribution is -2.36. The predicted octanol–water partition coefficient (Wildman–Crippen LogP) is 0.673. The highest BCUT2D eigenvalue weighted by molar-refractivity contribution is 5.91. The van der Waals surface area contributed by atoms with Gasteiger partial charge >= 0.3 is 0 Å². The second-order valence-corrected chi connectivity index (χ2v) is 4.47. The Morgan fingerprint density at radius 1 is 1.44 bits per heavy atom. The molecule has 1 amide bonds. The number of amides is 1. The number of carbonyl (C=O) groups excluding carboxylic acids is 1. The molecular weight excluding hydrogens is 232 g/mol. The molecule has 0 spiro atoms. The highest BCUT2D eigenvalue weighted by Gasteiger charge is 2.22. The standard InChI is InChI=1S/C12H18N4O2/c1-8-7-18-6-5-9(8)14-11-4-3-10(15-16-11)12(17)13-2/h3-4,8-9H,5-7H2,1-2H3,(H,13,17)(H,14,16). The normalized spacial score (nSPS) is 23.4. The van der Waals surface area contributed by atoms with E-state index in [0.29, 0.717) is 23.5 Å². The molecule has 0 bridgehead atoms. The fraction of sp³-hybridized carbons (Fsp3) is 0.583. The van der Waals surface area contributed by atoms with E-state index in [1.165, 1.54) is 0 Å².